The third kappa shape index (κ3) is 2.80. The van der Waals surface area contributed by atoms with E-state index in [4.69, 9.17) is 10.5 Å². The van der Waals surface area contributed by atoms with E-state index in [1.54, 1.807) is 24.3 Å². The Labute approximate surface area is 160 Å². The van der Waals surface area contributed by atoms with Gasteiger partial charge < -0.3 is 10.5 Å². The highest BCUT2D eigenvalue weighted by molar-refractivity contribution is 7.16. The summed E-state index contributed by atoms with van der Waals surface area (Å²) in [7, 11) is 0. The van der Waals surface area contributed by atoms with Gasteiger partial charge in [0.15, 0.2) is 0 Å². The van der Waals surface area contributed by atoms with Crippen LogP contribution in [0.15, 0.2) is 64.8 Å². The molecule has 0 aliphatic carbocycles. The summed E-state index contributed by atoms with van der Waals surface area (Å²) in [5, 5.41) is 10.2. The Bertz CT molecular complexity index is 1240. The third-order valence-electron chi connectivity index (χ3n) is 4.52. The number of nitrogens with two attached hydrogens (primary N) is 1. The summed E-state index contributed by atoms with van der Waals surface area (Å²) in [6.07, 6.45) is -4.56. The molecule has 8 heteroatoms. The first-order valence-corrected chi connectivity index (χ1v) is 8.93. The molecule has 4 nitrogen and oxygen atoms in total. The monoisotopic (exact) mass is 400 g/mol. The van der Waals surface area contributed by atoms with Crippen molar-refractivity contribution in [1.29, 1.82) is 5.26 Å². The zero-order valence-electron chi connectivity index (χ0n) is 14.1. The predicted molar refractivity (Wildman–Crippen MR) is 98.8 cm³/mol. The van der Waals surface area contributed by atoms with Crippen molar-refractivity contribution in [2.24, 2.45) is 5.73 Å². The topological polar surface area (TPSA) is 76.1 Å². The molecule has 0 fully saturated rings. The molecule has 0 bridgehead atoms. The normalized spacial score (nSPS) is 16.4. The first-order chi connectivity index (χ1) is 13.3. The molecule has 28 heavy (non-hydrogen) atoms. The van der Waals surface area contributed by atoms with Crippen LogP contribution in [-0.4, -0.2) is 0 Å². The van der Waals surface area contributed by atoms with Crippen molar-refractivity contribution in [1.82, 2.24) is 0 Å². The molecule has 1 aromatic heterocycles. The van der Waals surface area contributed by atoms with E-state index in [2.05, 4.69) is 0 Å². The van der Waals surface area contributed by atoms with Gasteiger partial charge in [-0.05, 0) is 23.8 Å². The maximum absolute atomic E-state index is 13.2. The number of ether oxygens (including phenoxy) is 1. The SMILES string of the molecule is N#CC1=C(N)Oc2c(c(=O)sc3ccccc23)C1c1cccc(C(F)(F)F)c1. The van der Waals surface area contributed by atoms with Gasteiger partial charge in [0.2, 0.25) is 10.6 Å². The van der Waals surface area contributed by atoms with E-state index in [-0.39, 0.29) is 28.3 Å². The lowest BCUT2D eigenvalue weighted by Gasteiger charge is -2.26. The van der Waals surface area contributed by atoms with Crippen molar-refractivity contribution < 1.29 is 17.9 Å². The molecule has 2 aromatic carbocycles. The zero-order chi connectivity index (χ0) is 20.1. The number of halogens is 3. The van der Waals surface area contributed by atoms with Gasteiger partial charge in [-0.15, -0.1) is 0 Å². The quantitative estimate of drug-likeness (QED) is 0.653. The van der Waals surface area contributed by atoms with E-state index in [0.717, 1.165) is 23.5 Å². The largest absolute Gasteiger partial charge is 0.439 e. The summed E-state index contributed by atoms with van der Waals surface area (Å²) < 4.78 is 45.4. The zero-order valence-corrected chi connectivity index (χ0v) is 14.9. The molecule has 1 atom stereocenters. The second-order valence-corrected chi connectivity index (χ2v) is 7.19. The highest BCUT2D eigenvalue weighted by Gasteiger charge is 2.36. The summed E-state index contributed by atoms with van der Waals surface area (Å²) in [6.45, 7) is 0. The molecule has 140 valence electrons. The Morgan fingerprint density at radius 1 is 1.14 bits per heavy atom. The number of alkyl halides is 3. The number of allylic oxidation sites excluding steroid dienone is 1. The second kappa shape index (κ2) is 6.39. The van der Waals surface area contributed by atoms with E-state index in [9.17, 15) is 23.2 Å². The van der Waals surface area contributed by atoms with Crippen molar-refractivity contribution in [3.63, 3.8) is 0 Å². The molecule has 4 rings (SSSR count). The van der Waals surface area contributed by atoms with Gasteiger partial charge >= 0.3 is 6.18 Å². The molecule has 1 aliphatic rings. The Hall–Kier alpha value is -3.31. The number of nitrogens with zero attached hydrogens (tertiary/aromatic N) is 1. The van der Waals surface area contributed by atoms with Gasteiger partial charge in [-0.2, -0.15) is 18.4 Å². The average molecular weight is 400 g/mol. The number of benzene rings is 2. The first-order valence-electron chi connectivity index (χ1n) is 8.11. The molecule has 0 spiro atoms. The summed E-state index contributed by atoms with van der Waals surface area (Å²) in [4.78, 5) is 12.9. The standard InChI is InChI=1S/C20H11F3N2O2S/c21-20(22,23)11-5-3-4-10(8-11)15-13(9-24)18(25)27-17-12-6-1-2-7-14(12)28-19(26)16(15)17/h1-8,15H,25H2. The van der Waals surface area contributed by atoms with Gasteiger partial charge in [-0.1, -0.05) is 41.7 Å². The van der Waals surface area contributed by atoms with E-state index < -0.39 is 22.4 Å². The van der Waals surface area contributed by atoms with Crippen molar-refractivity contribution in [3.8, 4) is 11.8 Å². The molecular weight excluding hydrogens is 389 g/mol. The summed E-state index contributed by atoms with van der Waals surface area (Å²) in [5.74, 6) is -1.08. The van der Waals surface area contributed by atoms with Crippen LogP contribution in [0.3, 0.4) is 0 Å². The van der Waals surface area contributed by atoms with Crippen LogP contribution in [0, 0.1) is 11.3 Å². The molecule has 1 unspecified atom stereocenters. The summed E-state index contributed by atoms with van der Waals surface area (Å²) in [5.41, 5.74) is 5.22. The van der Waals surface area contributed by atoms with Crippen LogP contribution in [0.25, 0.3) is 10.1 Å². The fraction of sp³-hybridized carbons (Fsp3) is 0.100. The lowest BCUT2D eigenvalue weighted by Crippen LogP contribution is -2.25. The van der Waals surface area contributed by atoms with E-state index in [1.165, 1.54) is 12.1 Å². The Morgan fingerprint density at radius 3 is 2.61 bits per heavy atom. The number of rotatable bonds is 1. The van der Waals surface area contributed by atoms with E-state index >= 15 is 0 Å². The molecule has 2 N–H and O–H groups in total. The number of fused-ring (bicyclic) bond motifs is 3. The summed E-state index contributed by atoms with van der Waals surface area (Å²) >= 11 is 0.948. The second-order valence-electron chi connectivity index (χ2n) is 6.18. The van der Waals surface area contributed by atoms with E-state index in [0.29, 0.717) is 10.1 Å². The minimum absolute atomic E-state index is 0.0913. The van der Waals surface area contributed by atoms with Crippen LogP contribution in [-0.2, 0) is 6.18 Å². The van der Waals surface area contributed by atoms with Crippen molar-refractivity contribution in [3.05, 3.63) is 86.2 Å². The van der Waals surface area contributed by atoms with Gasteiger partial charge in [-0.3, -0.25) is 4.79 Å². The van der Waals surface area contributed by atoms with Crippen LogP contribution in [0.2, 0.25) is 0 Å². The van der Waals surface area contributed by atoms with Crippen molar-refractivity contribution in [2.45, 2.75) is 12.1 Å². The molecule has 0 radical (unpaired) electrons. The van der Waals surface area contributed by atoms with Gasteiger partial charge in [-0.25, -0.2) is 0 Å². The van der Waals surface area contributed by atoms with Crippen LogP contribution in [0.4, 0.5) is 13.2 Å². The fourth-order valence-electron chi connectivity index (χ4n) is 3.29. The Morgan fingerprint density at radius 2 is 1.89 bits per heavy atom. The molecule has 1 aliphatic heterocycles. The highest BCUT2D eigenvalue weighted by atomic mass is 32.1. The van der Waals surface area contributed by atoms with Crippen molar-refractivity contribution in [2.75, 3.05) is 0 Å². The minimum atomic E-state index is -4.56. The lowest BCUT2D eigenvalue weighted by molar-refractivity contribution is -0.137. The fourth-order valence-corrected chi connectivity index (χ4v) is 4.23. The average Bonchev–Trinajstić information content (AvgIpc) is 2.66. The molecule has 2 heterocycles. The highest BCUT2D eigenvalue weighted by Crippen LogP contribution is 2.45. The molecule has 0 saturated carbocycles. The first kappa shape index (κ1) is 18.1. The van der Waals surface area contributed by atoms with Crippen LogP contribution in [0.1, 0.15) is 22.6 Å². The molecule has 0 amide bonds. The number of nitriles is 1. The lowest BCUT2D eigenvalue weighted by atomic mass is 9.83. The number of hydrogen-bond acceptors (Lipinski definition) is 5. The van der Waals surface area contributed by atoms with E-state index in [1.807, 2.05) is 6.07 Å². The smallest absolute Gasteiger partial charge is 0.416 e. The maximum Gasteiger partial charge on any atom is 0.416 e. The molecule has 0 saturated heterocycles. The third-order valence-corrected chi connectivity index (χ3v) is 5.50. The van der Waals surface area contributed by atoms with Crippen LogP contribution < -0.4 is 15.2 Å². The van der Waals surface area contributed by atoms with Gasteiger partial charge in [0, 0.05) is 10.1 Å². The molecular formula is C20H11F3N2O2S. The van der Waals surface area contributed by atoms with Crippen molar-refractivity contribution >= 4 is 21.4 Å². The Balaban J connectivity index is 2.05. The van der Waals surface area contributed by atoms with Gasteiger partial charge in [0.05, 0.1) is 17.0 Å². The molecule has 3 aromatic rings. The number of hydrogen-bond donors (Lipinski definition) is 1. The van der Waals surface area contributed by atoms with Gasteiger partial charge in [0.25, 0.3) is 0 Å². The van der Waals surface area contributed by atoms with Crippen LogP contribution in [0.5, 0.6) is 5.75 Å². The predicted octanol–water partition coefficient (Wildman–Crippen LogP) is 4.50. The maximum atomic E-state index is 13.2. The van der Waals surface area contributed by atoms with Gasteiger partial charge in [0.1, 0.15) is 17.4 Å². The Kier molecular flexibility index (Phi) is 4.12. The summed E-state index contributed by atoms with van der Waals surface area (Å²) in [6, 6.07) is 13.4. The van der Waals surface area contributed by atoms with Crippen LogP contribution >= 0.6 is 11.3 Å². The minimum Gasteiger partial charge on any atom is -0.439 e.